The van der Waals surface area contributed by atoms with Crippen LogP contribution in [-0.2, 0) is 6.42 Å². The topological polar surface area (TPSA) is 15.8 Å². The van der Waals surface area contributed by atoms with E-state index in [2.05, 4.69) is 48.9 Å². The molecule has 14 heavy (non-hydrogen) atoms. The summed E-state index contributed by atoms with van der Waals surface area (Å²) in [5.41, 5.74) is 3.86. The highest BCUT2D eigenvalue weighted by atomic mass is 14.7. The summed E-state index contributed by atoms with van der Waals surface area (Å²) >= 11 is 0. The number of benzene rings is 1. The van der Waals surface area contributed by atoms with Gasteiger partial charge >= 0.3 is 0 Å². The summed E-state index contributed by atoms with van der Waals surface area (Å²) in [5, 5.41) is 1.34. The summed E-state index contributed by atoms with van der Waals surface area (Å²) in [6.07, 6.45) is 4.26. The van der Waals surface area contributed by atoms with Gasteiger partial charge in [0.25, 0.3) is 0 Å². The van der Waals surface area contributed by atoms with Crippen LogP contribution in [0, 0.1) is 0 Å². The molecule has 1 aromatic heterocycles. The number of aromatic nitrogens is 1. The fourth-order valence-corrected chi connectivity index (χ4v) is 1.69. The maximum Gasteiger partial charge on any atom is 0.0456 e. The van der Waals surface area contributed by atoms with Gasteiger partial charge in [-0.05, 0) is 31.4 Å². The van der Waals surface area contributed by atoms with Gasteiger partial charge in [0, 0.05) is 18.5 Å². The lowest BCUT2D eigenvalue weighted by molar-refractivity contribution is 0.953. The number of allylic oxidation sites excluding steroid dienone is 1. The van der Waals surface area contributed by atoms with E-state index in [4.69, 9.17) is 0 Å². The first-order valence-corrected chi connectivity index (χ1v) is 4.97. The molecule has 0 bridgehead atoms. The normalized spacial score (nSPS) is 10.6. The Labute approximate surface area is 85.9 Å². The largest absolute Gasteiger partial charge is 0.361 e. The number of H-pyrrole nitrogens is 1. The zero-order chi connectivity index (χ0) is 9.97. The van der Waals surface area contributed by atoms with Crippen LogP contribution in [0.4, 0.5) is 0 Å². The van der Waals surface area contributed by atoms with Crippen molar-refractivity contribution in [3.8, 4) is 0 Å². The molecule has 0 aliphatic carbocycles. The second-order valence-corrected chi connectivity index (χ2v) is 3.82. The third-order valence-electron chi connectivity index (χ3n) is 2.50. The highest BCUT2D eigenvalue weighted by Gasteiger charge is 2.01. The summed E-state index contributed by atoms with van der Waals surface area (Å²) in [4.78, 5) is 3.28. The van der Waals surface area contributed by atoms with E-state index in [-0.39, 0.29) is 1.43 Å². The minimum Gasteiger partial charge on any atom is -0.361 e. The first kappa shape index (κ1) is 9.07. The number of hydrogen-bond donors (Lipinski definition) is 1. The molecule has 2 rings (SSSR count). The summed E-state index contributed by atoms with van der Waals surface area (Å²) in [7, 11) is 0. The zero-order valence-corrected chi connectivity index (χ0v) is 8.51. The Kier molecular flexibility index (Phi) is 2.40. The number of aromatic amines is 1. The van der Waals surface area contributed by atoms with Crippen LogP contribution in [0.3, 0.4) is 0 Å². The van der Waals surface area contributed by atoms with Gasteiger partial charge in [-0.1, -0.05) is 23.8 Å². The van der Waals surface area contributed by atoms with Gasteiger partial charge in [-0.25, -0.2) is 0 Å². The number of nitrogens with one attached hydrogen (secondary N) is 1. The van der Waals surface area contributed by atoms with E-state index in [0.717, 1.165) is 12.8 Å². The van der Waals surface area contributed by atoms with Crippen LogP contribution in [0.2, 0.25) is 0 Å². The van der Waals surface area contributed by atoms with Crippen molar-refractivity contribution in [3.63, 3.8) is 0 Å². The molecular formula is C13H17N. The molecule has 0 aliphatic rings. The maximum atomic E-state index is 3.92. The molecule has 0 fully saturated rings. The fourth-order valence-electron chi connectivity index (χ4n) is 1.69. The van der Waals surface area contributed by atoms with Gasteiger partial charge in [-0.3, -0.25) is 0 Å². The van der Waals surface area contributed by atoms with Gasteiger partial charge in [0.2, 0.25) is 0 Å². The second kappa shape index (κ2) is 3.70. The van der Waals surface area contributed by atoms with Crippen molar-refractivity contribution in [2.24, 2.45) is 0 Å². The van der Waals surface area contributed by atoms with Gasteiger partial charge in [0.15, 0.2) is 0 Å². The molecule has 1 aromatic carbocycles. The lowest BCUT2D eigenvalue weighted by Crippen LogP contribution is -1.83. The SMILES string of the molecule is C=C(C)CCc1c[nH]c2ccccc12.[HH]. The van der Waals surface area contributed by atoms with Crippen molar-refractivity contribution in [2.75, 3.05) is 0 Å². The van der Waals surface area contributed by atoms with Crippen molar-refractivity contribution >= 4 is 10.9 Å². The van der Waals surface area contributed by atoms with Crippen LogP contribution in [0.1, 0.15) is 20.3 Å². The highest BCUT2D eigenvalue weighted by molar-refractivity contribution is 5.83. The third kappa shape index (κ3) is 1.72. The molecule has 74 valence electrons. The van der Waals surface area contributed by atoms with Gasteiger partial charge in [0.05, 0.1) is 0 Å². The van der Waals surface area contributed by atoms with Crippen LogP contribution in [0.25, 0.3) is 10.9 Å². The van der Waals surface area contributed by atoms with Gasteiger partial charge < -0.3 is 4.98 Å². The Morgan fingerprint density at radius 1 is 1.43 bits per heavy atom. The lowest BCUT2D eigenvalue weighted by atomic mass is 10.1. The fraction of sp³-hybridized carbons (Fsp3) is 0.231. The van der Waals surface area contributed by atoms with E-state index in [9.17, 15) is 0 Å². The molecule has 1 N–H and O–H groups in total. The highest BCUT2D eigenvalue weighted by Crippen LogP contribution is 2.19. The smallest absolute Gasteiger partial charge is 0.0456 e. The quantitative estimate of drug-likeness (QED) is 0.701. The van der Waals surface area contributed by atoms with Crippen molar-refractivity contribution in [1.82, 2.24) is 4.98 Å². The third-order valence-corrected chi connectivity index (χ3v) is 2.50. The number of aryl methyl sites for hydroxylation is 1. The molecule has 0 saturated carbocycles. The predicted molar refractivity (Wildman–Crippen MR) is 63.5 cm³/mol. The van der Waals surface area contributed by atoms with Crippen LogP contribution in [0.15, 0.2) is 42.6 Å². The maximum absolute atomic E-state index is 3.92. The average molecular weight is 187 g/mol. The molecular weight excluding hydrogens is 170 g/mol. The minimum atomic E-state index is 0. The summed E-state index contributed by atoms with van der Waals surface area (Å²) in [6, 6.07) is 8.42. The molecule has 2 aromatic rings. The van der Waals surface area contributed by atoms with Crippen LogP contribution < -0.4 is 0 Å². The Morgan fingerprint density at radius 2 is 2.21 bits per heavy atom. The van der Waals surface area contributed by atoms with Crippen molar-refractivity contribution in [3.05, 3.63) is 48.2 Å². The minimum absolute atomic E-state index is 0. The monoisotopic (exact) mass is 187 g/mol. The van der Waals surface area contributed by atoms with Crippen molar-refractivity contribution in [1.29, 1.82) is 0 Å². The number of rotatable bonds is 3. The van der Waals surface area contributed by atoms with Crippen molar-refractivity contribution in [2.45, 2.75) is 19.8 Å². The van der Waals surface area contributed by atoms with Gasteiger partial charge in [-0.2, -0.15) is 0 Å². The standard InChI is InChI=1S/C13H15N.H2/c1-10(2)7-8-11-9-14-13-6-4-3-5-12(11)13;/h3-6,9,14H,1,7-8H2,2H3;1H. The first-order chi connectivity index (χ1) is 6.77. The summed E-state index contributed by atoms with van der Waals surface area (Å²) < 4.78 is 0. The molecule has 0 aliphatic heterocycles. The molecule has 1 heteroatoms. The van der Waals surface area contributed by atoms with Crippen LogP contribution in [-0.4, -0.2) is 4.98 Å². The molecule has 1 nitrogen and oxygen atoms in total. The summed E-state index contributed by atoms with van der Waals surface area (Å²) in [5.74, 6) is 0. The van der Waals surface area contributed by atoms with Gasteiger partial charge in [0.1, 0.15) is 0 Å². The number of fused-ring (bicyclic) bond motifs is 1. The first-order valence-electron chi connectivity index (χ1n) is 4.97. The molecule has 0 radical (unpaired) electrons. The average Bonchev–Trinajstić information content (AvgIpc) is 2.58. The number of para-hydroxylation sites is 1. The molecule has 0 amide bonds. The Hall–Kier alpha value is -1.50. The summed E-state index contributed by atoms with van der Waals surface area (Å²) in [6.45, 7) is 6.00. The van der Waals surface area contributed by atoms with E-state index in [1.807, 2.05) is 0 Å². The number of hydrogen-bond acceptors (Lipinski definition) is 0. The van der Waals surface area contributed by atoms with Crippen molar-refractivity contribution < 1.29 is 1.43 Å². The van der Waals surface area contributed by atoms with E-state index >= 15 is 0 Å². The predicted octanol–water partition coefficient (Wildman–Crippen LogP) is 3.92. The van der Waals surface area contributed by atoms with Crippen LogP contribution in [0.5, 0.6) is 0 Å². The molecule has 0 unspecified atom stereocenters. The zero-order valence-electron chi connectivity index (χ0n) is 8.51. The second-order valence-electron chi connectivity index (χ2n) is 3.82. The van der Waals surface area contributed by atoms with Crippen LogP contribution >= 0.6 is 0 Å². The Balaban J connectivity index is 0.00000112. The van der Waals surface area contributed by atoms with Gasteiger partial charge in [-0.15, -0.1) is 6.58 Å². The molecule has 0 saturated heterocycles. The lowest BCUT2D eigenvalue weighted by Gasteiger charge is -1.98. The van der Waals surface area contributed by atoms with E-state index in [1.54, 1.807) is 0 Å². The van der Waals surface area contributed by atoms with E-state index in [0.29, 0.717) is 0 Å². The Bertz CT molecular complexity index is 456. The van der Waals surface area contributed by atoms with E-state index in [1.165, 1.54) is 22.0 Å². The Morgan fingerprint density at radius 3 is 3.00 bits per heavy atom. The molecule has 0 spiro atoms. The molecule has 1 heterocycles. The van der Waals surface area contributed by atoms with E-state index < -0.39 is 0 Å². The molecule has 0 atom stereocenters.